The van der Waals surface area contributed by atoms with Crippen molar-refractivity contribution in [1.29, 1.82) is 0 Å². The topological polar surface area (TPSA) is 97.8 Å². The lowest BCUT2D eigenvalue weighted by Crippen LogP contribution is -2.17. The number of ether oxygens (including phenoxy) is 2. The van der Waals surface area contributed by atoms with E-state index in [1.807, 2.05) is 0 Å². The Labute approximate surface area is 144 Å². The number of carboxylic acids is 1. The molecule has 3 rings (SSSR count). The third-order valence-electron chi connectivity index (χ3n) is 3.89. The molecule has 1 aromatic heterocycles. The first-order valence-corrected chi connectivity index (χ1v) is 7.88. The predicted octanol–water partition coefficient (Wildman–Crippen LogP) is 2.51. The van der Waals surface area contributed by atoms with Gasteiger partial charge in [0.2, 0.25) is 5.88 Å². The number of pyridine rings is 1. The van der Waals surface area contributed by atoms with Crippen LogP contribution in [0.2, 0.25) is 0 Å². The van der Waals surface area contributed by atoms with Crippen molar-refractivity contribution >= 4 is 17.6 Å². The highest BCUT2D eigenvalue weighted by Crippen LogP contribution is 2.19. The molecule has 25 heavy (non-hydrogen) atoms. The average Bonchev–Trinajstić information content (AvgIpc) is 3.08. The fourth-order valence-corrected chi connectivity index (χ4v) is 2.58. The first-order chi connectivity index (χ1) is 12.0. The lowest BCUT2D eigenvalue weighted by molar-refractivity contribution is 0.0696. The molecule has 2 heterocycles. The molecule has 1 fully saturated rings. The smallest absolute Gasteiger partial charge is 0.335 e. The van der Waals surface area contributed by atoms with Crippen LogP contribution in [0, 0.1) is 6.92 Å². The predicted molar refractivity (Wildman–Crippen MR) is 90.2 cm³/mol. The van der Waals surface area contributed by atoms with Crippen molar-refractivity contribution in [2.45, 2.75) is 19.4 Å². The van der Waals surface area contributed by atoms with Gasteiger partial charge in [0.1, 0.15) is 6.10 Å². The number of aromatic carboxylic acids is 1. The number of nitrogens with one attached hydrogen (secondary N) is 1. The summed E-state index contributed by atoms with van der Waals surface area (Å²) in [4.78, 5) is 27.6. The van der Waals surface area contributed by atoms with Crippen molar-refractivity contribution in [3.05, 3.63) is 53.2 Å². The maximum absolute atomic E-state index is 12.4. The molecule has 130 valence electrons. The standard InChI is InChI=1S/C18H18N2O5/c1-11-8-13(2-3-15(11)18(22)23)20-17(21)12-4-6-19-16(9-12)25-14-5-7-24-10-14/h2-4,6,8-9,14H,5,7,10H2,1H3,(H,20,21)(H,22,23). The Kier molecular flexibility index (Phi) is 4.95. The minimum Gasteiger partial charge on any atom is -0.478 e. The van der Waals surface area contributed by atoms with Crippen molar-refractivity contribution in [2.75, 3.05) is 18.5 Å². The van der Waals surface area contributed by atoms with Gasteiger partial charge in [-0.3, -0.25) is 4.79 Å². The van der Waals surface area contributed by atoms with E-state index in [0.29, 0.717) is 35.9 Å². The fourth-order valence-electron chi connectivity index (χ4n) is 2.58. The van der Waals surface area contributed by atoms with Gasteiger partial charge in [0.25, 0.3) is 5.91 Å². The van der Waals surface area contributed by atoms with Gasteiger partial charge in [0.05, 0.1) is 18.8 Å². The molecule has 2 aromatic rings. The fraction of sp³-hybridized carbons (Fsp3) is 0.278. The number of hydrogen-bond acceptors (Lipinski definition) is 5. The van der Waals surface area contributed by atoms with E-state index in [2.05, 4.69) is 10.3 Å². The van der Waals surface area contributed by atoms with Gasteiger partial charge in [-0.15, -0.1) is 0 Å². The second-order valence-electron chi connectivity index (χ2n) is 5.78. The van der Waals surface area contributed by atoms with Crippen LogP contribution < -0.4 is 10.1 Å². The van der Waals surface area contributed by atoms with Gasteiger partial charge in [-0.2, -0.15) is 0 Å². The Bertz CT molecular complexity index is 800. The van der Waals surface area contributed by atoms with Gasteiger partial charge < -0.3 is 19.9 Å². The third-order valence-corrected chi connectivity index (χ3v) is 3.89. The van der Waals surface area contributed by atoms with E-state index in [-0.39, 0.29) is 17.6 Å². The van der Waals surface area contributed by atoms with Crippen LogP contribution in [0.25, 0.3) is 0 Å². The summed E-state index contributed by atoms with van der Waals surface area (Å²) in [6.45, 7) is 2.87. The lowest BCUT2D eigenvalue weighted by Gasteiger charge is -2.12. The molecule has 1 amide bonds. The van der Waals surface area contributed by atoms with Crippen LogP contribution in [0.4, 0.5) is 5.69 Å². The molecule has 1 atom stereocenters. The van der Waals surface area contributed by atoms with Crippen molar-refractivity contribution in [3.63, 3.8) is 0 Å². The number of benzene rings is 1. The van der Waals surface area contributed by atoms with Gasteiger partial charge in [-0.1, -0.05) is 0 Å². The number of rotatable bonds is 5. The molecule has 1 saturated heterocycles. The highest BCUT2D eigenvalue weighted by Gasteiger charge is 2.18. The summed E-state index contributed by atoms with van der Waals surface area (Å²) in [6, 6.07) is 7.81. The molecule has 0 radical (unpaired) electrons. The van der Waals surface area contributed by atoms with Crippen LogP contribution in [0.1, 0.15) is 32.7 Å². The first kappa shape index (κ1) is 16.9. The first-order valence-electron chi connectivity index (χ1n) is 7.88. The normalized spacial score (nSPS) is 16.4. The largest absolute Gasteiger partial charge is 0.478 e. The highest BCUT2D eigenvalue weighted by molar-refractivity contribution is 6.04. The van der Waals surface area contributed by atoms with E-state index >= 15 is 0 Å². The number of nitrogens with zero attached hydrogens (tertiary/aromatic N) is 1. The molecule has 1 aliphatic rings. The van der Waals surface area contributed by atoms with Crippen molar-refractivity contribution in [3.8, 4) is 5.88 Å². The summed E-state index contributed by atoms with van der Waals surface area (Å²) >= 11 is 0. The minimum absolute atomic E-state index is 0.0444. The summed E-state index contributed by atoms with van der Waals surface area (Å²) in [5.41, 5.74) is 1.71. The Hall–Kier alpha value is -2.93. The number of hydrogen-bond donors (Lipinski definition) is 2. The zero-order chi connectivity index (χ0) is 17.8. The van der Waals surface area contributed by atoms with Crippen LogP contribution in [0.15, 0.2) is 36.5 Å². The number of anilines is 1. The number of carbonyl (C=O) groups is 2. The van der Waals surface area contributed by atoms with Crippen LogP contribution in [-0.4, -0.2) is 41.3 Å². The molecule has 7 heteroatoms. The maximum atomic E-state index is 12.4. The Morgan fingerprint density at radius 1 is 1.32 bits per heavy atom. The Morgan fingerprint density at radius 3 is 2.84 bits per heavy atom. The van der Waals surface area contributed by atoms with E-state index in [1.54, 1.807) is 31.2 Å². The van der Waals surface area contributed by atoms with Gasteiger partial charge in [-0.05, 0) is 36.8 Å². The van der Waals surface area contributed by atoms with E-state index in [0.717, 1.165) is 6.42 Å². The highest BCUT2D eigenvalue weighted by atomic mass is 16.5. The number of amides is 1. The van der Waals surface area contributed by atoms with Crippen LogP contribution in [-0.2, 0) is 4.74 Å². The number of carbonyl (C=O) groups excluding carboxylic acids is 1. The van der Waals surface area contributed by atoms with E-state index in [9.17, 15) is 9.59 Å². The summed E-state index contributed by atoms with van der Waals surface area (Å²) < 4.78 is 10.9. The van der Waals surface area contributed by atoms with Gasteiger partial charge in [0.15, 0.2) is 0 Å². The lowest BCUT2D eigenvalue weighted by atomic mass is 10.1. The number of aromatic nitrogens is 1. The maximum Gasteiger partial charge on any atom is 0.335 e. The molecular formula is C18H18N2O5. The van der Waals surface area contributed by atoms with Crippen molar-refractivity contribution < 1.29 is 24.2 Å². The number of aryl methyl sites for hydroxylation is 1. The van der Waals surface area contributed by atoms with Gasteiger partial charge in [-0.25, -0.2) is 9.78 Å². The second kappa shape index (κ2) is 7.31. The summed E-state index contributed by atoms with van der Waals surface area (Å²) in [5, 5.41) is 11.8. The SMILES string of the molecule is Cc1cc(NC(=O)c2ccnc(OC3CCOC3)c2)ccc1C(=O)O. The molecule has 7 nitrogen and oxygen atoms in total. The molecule has 0 aliphatic carbocycles. The zero-order valence-electron chi connectivity index (χ0n) is 13.7. The van der Waals surface area contributed by atoms with Gasteiger partial charge in [0, 0.05) is 29.9 Å². The second-order valence-corrected chi connectivity index (χ2v) is 5.78. The quantitative estimate of drug-likeness (QED) is 0.866. The van der Waals surface area contributed by atoms with Crippen molar-refractivity contribution in [2.24, 2.45) is 0 Å². The molecule has 0 saturated carbocycles. The van der Waals surface area contributed by atoms with Crippen LogP contribution in [0.3, 0.4) is 0 Å². The summed E-state index contributed by atoms with van der Waals surface area (Å²) in [6.07, 6.45) is 2.27. The number of carboxylic acid groups (broad SMARTS) is 1. The summed E-state index contributed by atoms with van der Waals surface area (Å²) in [7, 11) is 0. The monoisotopic (exact) mass is 342 g/mol. The average molecular weight is 342 g/mol. The zero-order valence-corrected chi connectivity index (χ0v) is 13.7. The molecular weight excluding hydrogens is 324 g/mol. The summed E-state index contributed by atoms with van der Waals surface area (Å²) in [5.74, 6) is -0.944. The third kappa shape index (κ3) is 4.13. The minimum atomic E-state index is -0.998. The molecule has 2 N–H and O–H groups in total. The van der Waals surface area contributed by atoms with Crippen LogP contribution in [0.5, 0.6) is 5.88 Å². The molecule has 1 unspecified atom stereocenters. The molecule has 0 spiro atoms. The Balaban J connectivity index is 1.70. The van der Waals surface area contributed by atoms with Crippen LogP contribution >= 0.6 is 0 Å². The molecule has 1 aromatic carbocycles. The van der Waals surface area contributed by atoms with E-state index < -0.39 is 5.97 Å². The van der Waals surface area contributed by atoms with Gasteiger partial charge >= 0.3 is 5.97 Å². The Morgan fingerprint density at radius 2 is 2.16 bits per heavy atom. The van der Waals surface area contributed by atoms with E-state index in [1.165, 1.54) is 12.3 Å². The molecule has 1 aliphatic heterocycles. The van der Waals surface area contributed by atoms with Crippen molar-refractivity contribution in [1.82, 2.24) is 4.98 Å². The molecule has 0 bridgehead atoms. The van der Waals surface area contributed by atoms with E-state index in [4.69, 9.17) is 14.6 Å².